The van der Waals surface area contributed by atoms with Crippen molar-refractivity contribution in [3.05, 3.63) is 35.6 Å². The molecule has 0 aliphatic carbocycles. The number of fused-ring (bicyclic) bond motifs is 1. The van der Waals surface area contributed by atoms with Crippen molar-refractivity contribution in [2.75, 3.05) is 6.54 Å². The van der Waals surface area contributed by atoms with Crippen LogP contribution >= 0.6 is 0 Å². The Bertz CT molecular complexity index is 571. The number of rotatable bonds is 6. The van der Waals surface area contributed by atoms with E-state index in [1.807, 2.05) is 32.0 Å². The second-order valence-corrected chi connectivity index (χ2v) is 5.75. The number of hydrogen-bond donors (Lipinski definition) is 2. The minimum Gasteiger partial charge on any atom is -0.459 e. The zero-order valence-corrected chi connectivity index (χ0v) is 12.9. The molecule has 3 heteroatoms. The van der Waals surface area contributed by atoms with E-state index in [0.29, 0.717) is 6.54 Å². The van der Waals surface area contributed by atoms with Gasteiger partial charge in [-0.05, 0) is 32.8 Å². The predicted molar refractivity (Wildman–Crippen MR) is 82.9 cm³/mol. The van der Waals surface area contributed by atoms with Crippen LogP contribution in [-0.4, -0.2) is 17.3 Å². The number of aliphatic hydroxyl groups is 1. The van der Waals surface area contributed by atoms with Gasteiger partial charge in [0.05, 0.1) is 11.6 Å². The van der Waals surface area contributed by atoms with E-state index in [9.17, 15) is 5.11 Å². The van der Waals surface area contributed by atoms with Gasteiger partial charge in [-0.15, -0.1) is 0 Å². The largest absolute Gasteiger partial charge is 0.459 e. The highest BCUT2D eigenvalue weighted by Crippen LogP contribution is 2.30. The first kappa shape index (κ1) is 15.1. The van der Waals surface area contributed by atoms with E-state index >= 15 is 0 Å². The highest BCUT2D eigenvalue weighted by molar-refractivity contribution is 5.82. The van der Waals surface area contributed by atoms with E-state index in [4.69, 9.17) is 4.42 Å². The van der Waals surface area contributed by atoms with Crippen LogP contribution in [0.3, 0.4) is 0 Å². The normalized spacial score (nSPS) is 16.2. The maximum atomic E-state index is 10.1. The molecule has 0 bridgehead atoms. The van der Waals surface area contributed by atoms with Gasteiger partial charge in [0.1, 0.15) is 11.3 Å². The lowest BCUT2D eigenvalue weighted by Gasteiger charge is -2.24. The Morgan fingerprint density at radius 1 is 1.30 bits per heavy atom. The lowest BCUT2D eigenvalue weighted by Crippen LogP contribution is -2.38. The van der Waals surface area contributed by atoms with E-state index in [0.717, 1.165) is 24.2 Å². The van der Waals surface area contributed by atoms with Gasteiger partial charge in [0.2, 0.25) is 0 Å². The summed E-state index contributed by atoms with van der Waals surface area (Å²) in [5.41, 5.74) is 1.53. The molecule has 2 aromatic rings. The molecule has 20 heavy (non-hydrogen) atoms. The smallest absolute Gasteiger partial charge is 0.134 e. The molecule has 2 atom stereocenters. The van der Waals surface area contributed by atoms with Crippen molar-refractivity contribution in [3.8, 4) is 0 Å². The molecule has 1 aromatic heterocycles. The van der Waals surface area contributed by atoms with Gasteiger partial charge in [0.15, 0.2) is 0 Å². The molecular formula is C17H25NO2. The Balaban J connectivity index is 2.23. The van der Waals surface area contributed by atoms with Gasteiger partial charge in [-0.2, -0.15) is 0 Å². The van der Waals surface area contributed by atoms with Crippen LogP contribution < -0.4 is 5.32 Å². The minimum absolute atomic E-state index is 0.0929. The highest BCUT2D eigenvalue weighted by atomic mass is 16.3. The van der Waals surface area contributed by atoms with Crippen molar-refractivity contribution in [2.24, 2.45) is 0 Å². The number of furan rings is 1. The predicted octanol–water partition coefficient (Wildman–Crippen LogP) is 3.81. The molecule has 0 amide bonds. The Morgan fingerprint density at radius 3 is 2.65 bits per heavy atom. The second kappa shape index (κ2) is 5.98. The monoisotopic (exact) mass is 275 g/mol. The Hall–Kier alpha value is -1.32. The summed E-state index contributed by atoms with van der Waals surface area (Å²) in [7, 11) is 0. The Kier molecular flexibility index (Phi) is 4.51. The topological polar surface area (TPSA) is 45.4 Å². The molecule has 0 radical (unpaired) electrons. The summed E-state index contributed by atoms with van der Waals surface area (Å²) in [5.74, 6) is 0.987. The highest BCUT2D eigenvalue weighted by Gasteiger charge is 2.22. The molecule has 0 aliphatic rings. The Morgan fingerprint density at radius 2 is 2.00 bits per heavy atom. The third-order valence-electron chi connectivity index (χ3n) is 4.03. The van der Waals surface area contributed by atoms with Gasteiger partial charge in [-0.25, -0.2) is 0 Å². The van der Waals surface area contributed by atoms with Crippen molar-refractivity contribution in [3.63, 3.8) is 0 Å². The van der Waals surface area contributed by atoms with Crippen LogP contribution in [0.5, 0.6) is 0 Å². The lowest BCUT2D eigenvalue weighted by molar-refractivity contribution is 0.0527. The van der Waals surface area contributed by atoms with Crippen LogP contribution in [0.1, 0.15) is 51.5 Å². The molecule has 0 saturated carbocycles. The standard InChI is InChI=1S/C17H25NO2/c1-5-13-14-9-7-8-10-15(14)20-16(13)12(3)18-11-17(4,19)6-2/h7-10,12,18-19H,5-6,11H2,1-4H3. The fourth-order valence-electron chi connectivity index (χ4n) is 2.42. The van der Waals surface area contributed by atoms with Crippen LogP contribution in [0.15, 0.2) is 28.7 Å². The van der Waals surface area contributed by atoms with Crippen LogP contribution in [-0.2, 0) is 6.42 Å². The minimum atomic E-state index is -0.674. The van der Waals surface area contributed by atoms with Gasteiger partial charge in [-0.3, -0.25) is 0 Å². The van der Waals surface area contributed by atoms with Gasteiger partial charge in [0, 0.05) is 17.5 Å². The molecule has 0 saturated heterocycles. The maximum absolute atomic E-state index is 10.1. The molecule has 3 nitrogen and oxygen atoms in total. The molecule has 110 valence electrons. The summed E-state index contributed by atoms with van der Waals surface area (Å²) in [6.45, 7) is 8.64. The molecule has 2 rings (SSSR count). The van der Waals surface area contributed by atoms with E-state index in [-0.39, 0.29) is 6.04 Å². The molecule has 0 aliphatic heterocycles. The van der Waals surface area contributed by atoms with Gasteiger partial charge in [-0.1, -0.05) is 32.0 Å². The van der Waals surface area contributed by atoms with Gasteiger partial charge < -0.3 is 14.8 Å². The van der Waals surface area contributed by atoms with E-state index in [2.05, 4.69) is 25.2 Å². The molecule has 2 N–H and O–H groups in total. The van der Waals surface area contributed by atoms with Crippen molar-refractivity contribution in [1.29, 1.82) is 0 Å². The lowest BCUT2D eigenvalue weighted by atomic mass is 10.0. The molecule has 1 aromatic carbocycles. The van der Waals surface area contributed by atoms with Gasteiger partial charge >= 0.3 is 0 Å². The first-order chi connectivity index (χ1) is 9.48. The molecule has 2 unspecified atom stereocenters. The third kappa shape index (κ3) is 3.05. The number of para-hydroxylation sites is 1. The fraction of sp³-hybridized carbons (Fsp3) is 0.529. The van der Waals surface area contributed by atoms with Crippen molar-refractivity contribution >= 4 is 11.0 Å². The van der Waals surface area contributed by atoms with Crippen molar-refractivity contribution in [2.45, 2.75) is 52.2 Å². The summed E-state index contributed by atoms with van der Waals surface area (Å²) in [5, 5.41) is 14.7. The van der Waals surface area contributed by atoms with Crippen LogP contribution in [0.25, 0.3) is 11.0 Å². The fourth-order valence-corrected chi connectivity index (χ4v) is 2.42. The number of aryl methyl sites for hydroxylation is 1. The third-order valence-corrected chi connectivity index (χ3v) is 4.03. The van der Waals surface area contributed by atoms with Crippen LogP contribution in [0.4, 0.5) is 0 Å². The number of benzene rings is 1. The summed E-state index contributed by atoms with van der Waals surface area (Å²) in [6, 6.07) is 8.24. The number of nitrogens with one attached hydrogen (secondary N) is 1. The Labute approximate surface area is 121 Å². The first-order valence-electron chi connectivity index (χ1n) is 7.44. The first-order valence-corrected chi connectivity index (χ1v) is 7.44. The molecule has 1 heterocycles. The van der Waals surface area contributed by atoms with Crippen LogP contribution in [0.2, 0.25) is 0 Å². The maximum Gasteiger partial charge on any atom is 0.134 e. The molecule has 0 fully saturated rings. The zero-order valence-electron chi connectivity index (χ0n) is 12.9. The second-order valence-electron chi connectivity index (χ2n) is 5.75. The molecule has 0 spiro atoms. The van der Waals surface area contributed by atoms with Crippen LogP contribution in [0, 0.1) is 0 Å². The summed E-state index contributed by atoms with van der Waals surface area (Å²) >= 11 is 0. The van der Waals surface area contributed by atoms with E-state index in [1.54, 1.807) is 0 Å². The average Bonchev–Trinajstić information content (AvgIpc) is 2.83. The van der Waals surface area contributed by atoms with Gasteiger partial charge in [0.25, 0.3) is 0 Å². The molecular weight excluding hydrogens is 250 g/mol. The number of hydrogen-bond acceptors (Lipinski definition) is 3. The van der Waals surface area contributed by atoms with E-state index < -0.39 is 5.60 Å². The SMILES string of the molecule is CCc1c(C(C)NCC(C)(O)CC)oc2ccccc12. The van der Waals surface area contributed by atoms with E-state index in [1.165, 1.54) is 10.9 Å². The zero-order chi connectivity index (χ0) is 14.8. The quantitative estimate of drug-likeness (QED) is 0.842. The van der Waals surface area contributed by atoms with Crippen molar-refractivity contribution < 1.29 is 9.52 Å². The average molecular weight is 275 g/mol. The summed E-state index contributed by atoms with van der Waals surface area (Å²) < 4.78 is 6.01. The van der Waals surface area contributed by atoms with Crippen molar-refractivity contribution in [1.82, 2.24) is 5.32 Å². The summed E-state index contributed by atoms with van der Waals surface area (Å²) in [6.07, 6.45) is 1.68. The summed E-state index contributed by atoms with van der Waals surface area (Å²) in [4.78, 5) is 0.